The van der Waals surface area contributed by atoms with Crippen LogP contribution in [0.3, 0.4) is 0 Å². The Labute approximate surface area is 111 Å². The zero-order chi connectivity index (χ0) is 12.7. The van der Waals surface area contributed by atoms with Crippen molar-refractivity contribution in [1.82, 2.24) is 0 Å². The van der Waals surface area contributed by atoms with E-state index < -0.39 is 0 Å². The highest BCUT2D eigenvalue weighted by Gasteiger charge is 2.05. The predicted octanol–water partition coefficient (Wildman–Crippen LogP) is 3.51. The van der Waals surface area contributed by atoms with Crippen LogP contribution in [0.15, 0.2) is 22.7 Å². The third-order valence-electron chi connectivity index (χ3n) is 2.45. The van der Waals surface area contributed by atoms with Gasteiger partial charge in [-0.3, -0.25) is 4.79 Å². The molecule has 0 radical (unpaired) electrons. The standard InChI is InChI=1S/C13H18BrNO2/c1-3-4-8-17-13(16)9-15-12-7-5-6-11(14)10(12)2/h5-7,15H,3-4,8-9H2,1-2H3. The molecule has 0 aliphatic carbocycles. The van der Waals surface area contributed by atoms with E-state index in [9.17, 15) is 4.79 Å². The number of ether oxygens (including phenoxy) is 1. The van der Waals surface area contributed by atoms with Crippen molar-refractivity contribution in [2.24, 2.45) is 0 Å². The van der Waals surface area contributed by atoms with E-state index in [1.54, 1.807) is 0 Å². The van der Waals surface area contributed by atoms with Gasteiger partial charge in [-0.15, -0.1) is 0 Å². The van der Waals surface area contributed by atoms with Crippen LogP contribution in [-0.2, 0) is 9.53 Å². The number of hydrogen-bond acceptors (Lipinski definition) is 3. The normalized spacial score (nSPS) is 10.1. The van der Waals surface area contributed by atoms with Crippen LogP contribution in [0.4, 0.5) is 5.69 Å². The molecule has 0 unspecified atom stereocenters. The largest absolute Gasteiger partial charge is 0.464 e. The average Bonchev–Trinajstić information content (AvgIpc) is 2.31. The number of unbranched alkanes of at least 4 members (excludes halogenated alkanes) is 1. The Balaban J connectivity index is 2.39. The summed E-state index contributed by atoms with van der Waals surface area (Å²) in [7, 11) is 0. The molecule has 3 nitrogen and oxygen atoms in total. The van der Waals surface area contributed by atoms with Crippen molar-refractivity contribution in [3.63, 3.8) is 0 Å². The monoisotopic (exact) mass is 299 g/mol. The van der Waals surface area contributed by atoms with Crippen molar-refractivity contribution in [3.8, 4) is 0 Å². The number of anilines is 1. The molecular weight excluding hydrogens is 282 g/mol. The number of halogens is 1. The zero-order valence-electron chi connectivity index (χ0n) is 10.3. The fourth-order valence-corrected chi connectivity index (χ4v) is 1.71. The van der Waals surface area contributed by atoms with Gasteiger partial charge in [-0.1, -0.05) is 35.3 Å². The topological polar surface area (TPSA) is 38.3 Å². The highest BCUT2D eigenvalue weighted by atomic mass is 79.9. The molecule has 1 N–H and O–H groups in total. The van der Waals surface area contributed by atoms with Crippen LogP contribution in [0.2, 0.25) is 0 Å². The van der Waals surface area contributed by atoms with Crippen LogP contribution in [-0.4, -0.2) is 19.1 Å². The van der Waals surface area contributed by atoms with Gasteiger partial charge in [0.05, 0.1) is 6.61 Å². The van der Waals surface area contributed by atoms with E-state index >= 15 is 0 Å². The molecule has 0 saturated carbocycles. The minimum atomic E-state index is -0.210. The Bertz CT molecular complexity index is 380. The number of benzene rings is 1. The lowest BCUT2D eigenvalue weighted by molar-refractivity contribution is -0.141. The number of hydrogen-bond donors (Lipinski definition) is 1. The first kappa shape index (κ1) is 14.0. The summed E-state index contributed by atoms with van der Waals surface area (Å²) in [5, 5.41) is 3.08. The molecule has 0 fully saturated rings. The number of rotatable bonds is 6. The third-order valence-corrected chi connectivity index (χ3v) is 3.31. The Morgan fingerprint density at radius 3 is 2.94 bits per heavy atom. The van der Waals surface area contributed by atoms with Gasteiger partial charge in [-0.2, -0.15) is 0 Å². The van der Waals surface area contributed by atoms with Gasteiger partial charge >= 0.3 is 5.97 Å². The van der Waals surface area contributed by atoms with Gasteiger partial charge in [0.1, 0.15) is 6.54 Å². The molecule has 0 heterocycles. The molecule has 1 aromatic carbocycles. The van der Waals surface area contributed by atoms with Crippen LogP contribution >= 0.6 is 15.9 Å². The number of nitrogens with one attached hydrogen (secondary N) is 1. The lowest BCUT2D eigenvalue weighted by atomic mass is 10.2. The quantitative estimate of drug-likeness (QED) is 0.645. The van der Waals surface area contributed by atoms with Gasteiger partial charge in [0.15, 0.2) is 0 Å². The molecule has 1 rings (SSSR count). The van der Waals surface area contributed by atoms with Gasteiger partial charge in [0.2, 0.25) is 0 Å². The number of carbonyl (C=O) groups excluding carboxylic acids is 1. The van der Waals surface area contributed by atoms with Crippen molar-refractivity contribution in [1.29, 1.82) is 0 Å². The molecule has 0 aromatic heterocycles. The van der Waals surface area contributed by atoms with Crippen molar-refractivity contribution >= 4 is 27.6 Å². The molecule has 17 heavy (non-hydrogen) atoms. The number of esters is 1. The maximum Gasteiger partial charge on any atom is 0.325 e. The summed E-state index contributed by atoms with van der Waals surface area (Å²) in [4.78, 5) is 11.4. The molecule has 0 aliphatic heterocycles. The summed E-state index contributed by atoms with van der Waals surface area (Å²) in [5.41, 5.74) is 2.04. The second-order valence-electron chi connectivity index (χ2n) is 3.84. The van der Waals surface area contributed by atoms with E-state index in [1.165, 1.54) is 0 Å². The third kappa shape index (κ3) is 4.77. The highest BCUT2D eigenvalue weighted by molar-refractivity contribution is 9.10. The first-order valence-corrected chi connectivity index (χ1v) is 6.59. The van der Waals surface area contributed by atoms with E-state index in [4.69, 9.17) is 4.74 Å². The molecule has 94 valence electrons. The summed E-state index contributed by atoms with van der Waals surface area (Å²) < 4.78 is 6.09. The molecular formula is C13H18BrNO2. The minimum absolute atomic E-state index is 0.209. The fourth-order valence-electron chi connectivity index (χ4n) is 1.35. The van der Waals surface area contributed by atoms with Crippen LogP contribution in [0.5, 0.6) is 0 Å². The lowest BCUT2D eigenvalue weighted by Crippen LogP contribution is -2.17. The summed E-state index contributed by atoms with van der Waals surface area (Å²) >= 11 is 3.45. The fraction of sp³-hybridized carbons (Fsp3) is 0.462. The Morgan fingerprint density at radius 2 is 2.24 bits per heavy atom. The van der Waals surface area contributed by atoms with Gasteiger partial charge < -0.3 is 10.1 Å². The Hall–Kier alpha value is -1.03. The second kappa shape index (κ2) is 7.33. The molecule has 0 aliphatic rings. The van der Waals surface area contributed by atoms with Crippen LogP contribution in [0.25, 0.3) is 0 Å². The molecule has 0 amide bonds. The Morgan fingerprint density at radius 1 is 1.47 bits per heavy atom. The van der Waals surface area contributed by atoms with Gasteiger partial charge in [0.25, 0.3) is 0 Å². The smallest absolute Gasteiger partial charge is 0.325 e. The maximum atomic E-state index is 11.4. The maximum absolute atomic E-state index is 11.4. The van der Waals surface area contributed by atoms with Crippen molar-refractivity contribution in [3.05, 3.63) is 28.2 Å². The summed E-state index contributed by atoms with van der Waals surface area (Å²) in [6.45, 7) is 4.78. The summed E-state index contributed by atoms with van der Waals surface area (Å²) in [6, 6.07) is 5.85. The van der Waals surface area contributed by atoms with Crippen LogP contribution in [0, 0.1) is 6.92 Å². The van der Waals surface area contributed by atoms with Gasteiger partial charge in [0, 0.05) is 10.2 Å². The lowest BCUT2D eigenvalue weighted by Gasteiger charge is -2.10. The van der Waals surface area contributed by atoms with Crippen molar-refractivity contribution < 1.29 is 9.53 Å². The van der Waals surface area contributed by atoms with Crippen molar-refractivity contribution in [2.75, 3.05) is 18.5 Å². The first-order valence-electron chi connectivity index (χ1n) is 5.79. The average molecular weight is 300 g/mol. The summed E-state index contributed by atoms with van der Waals surface area (Å²) in [6.07, 6.45) is 1.95. The molecule has 1 aromatic rings. The molecule has 0 saturated heterocycles. The van der Waals surface area contributed by atoms with Crippen molar-refractivity contribution in [2.45, 2.75) is 26.7 Å². The molecule has 4 heteroatoms. The van der Waals surface area contributed by atoms with Gasteiger partial charge in [-0.25, -0.2) is 0 Å². The Kier molecular flexibility index (Phi) is 6.05. The minimum Gasteiger partial charge on any atom is -0.464 e. The molecule has 0 spiro atoms. The van der Waals surface area contributed by atoms with E-state index in [2.05, 4.69) is 28.2 Å². The van der Waals surface area contributed by atoms with E-state index in [1.807, 2.05) is 25.1 Å². The van der Waals surface area contributed by atoms with Crippen LogP contribution < -0.4 is 5.32 Å². The number of carbonyl (C=O) groups is 1. The highest BCUT2D eigenvalue weighted by Crippen LogP contribution is 2.23. The molecule has 0 atom stereocenters. The second-order valence-corrected chi connectivity index (χ2v) is 4.69. The van der Waals surface area contributed by atoms with E-state index in [0.717, 1.165) is 28.6 Å². The summed E-state index contributed by atoms with van der Waals surface area (Å²) in [5.74, 6) is -0.210. The molecule has 0 bridgehead atoms. The predicted molar refractivity (Wildman–Crippen MR) is 73.2 cm³/mol. The zero-order valence-corrected chi connectivity index (χ0v) is 11.8. The van der Waals surface area contributed by atoms with Crippen LogP contribution in [0.1, 0.15) is 25.3 Å². The van der Waals surface area contributed by atoms with E-state index in [0.29, 0.717) is 6.61 Å². The van der Waals surface area contributed by atoms with Gasteiger partial charge in [-0.05, 0) is 31.0 Å². The first-order chi connectivity index (χ1) is 8.15. The van der Waals surface area contributed by atoms with E-state index in [-0.39, 0.29) is 12.5 Å². The SMILES string of the molecule is CCCCOC(=O)CNc1cccc(Br)c1C.